The third kappa shape index (κ3) is 6.88. The zero-order valence-electron chi connectivity index (χ0n) is 16.1. The van der Waals surface area contributed by atoms with Crippen LogP contribution in [-0.2, 0) is 29.7 Å². The molecule has 8 nitrogen and oxygen atoms in total. The minimum Gasteiger partial charge on any atom is -0.444 e. The smallest absolute Gasteiger partial charge is 0.408 e. The highest BCUT2D eigenvalue weighted by atomic mass is 32.2. The third-order valence-corrected chi connectivity index (χ3v) is 4.67. The van der Waals surface area contributed by atoms with Crippen LogP contribution in [-0.4, -0.2) is 46.3 Å². The lowest BCUT2D eigenvalue weighted by molar-refractivity contribution is -0.198. The van der Waals surface area contributed by atoms with Crippen molar-refractivity contribution in [2.45, 2.75) is 51.0 Å². The van der Waals surface area contributed by atoms with E-state index < -0.39 is 35.5 Å². The van der Waals surface area contributed by atoms with Crippen LogP contribution in [0.25, 0.3) is 0 Å². The molecule has 1 saturated heterocycles. The molecule has 1 aromatic carbocycles. The second-order valence-electron chi connectivity index (χ2n) is 7.19. The Morgan fingerprint density at radius 1 is 1.14 bits per heavy atom. The van der Waals surface area contributed by atoms with Gasteiger partial charge in [-0.05, 0) is 26.3 Å². The van der Waals surface area contributed by atoms with Gasteiger partial charge in [0.2, 0.25) is 0 Å². The fourth-order valence-electron chi connectivity index (χ4n) is 2.30. The molecule has 1 aliphatic heterocycles. The minimum atomic E-state index is -1.08. The Morgan fingerprint density at radius 2 is 1.75 bits per heavy atom. The number of alkyl carbamates (subject to hydrolysis) is 1. The number of ether oxygens (including phenoxy) is 1. The van der Waals surface area contributed by atoms with Crippen LogP contribution in [0.15, 0.2) is 30.3 Å². The first-order valence-electron chi connectivity index (χ1n) is 8.84. The maximum absolute atomic E-state index is 12.5. The Balaban J connectivity index is 1.99. The first kappa shape index (κ1) is 21.7. The average molecular weight is 408 g/mol. The summed E-state index contributed by atoms with van der Waals surface area (Å²) in [6, 6.07) is 8.54. The molecule has 9 heteroatoms. The van der Waals surface area contributed by atoms with Crippen molar-refractivity contribution in [1.82, 2.24) is 10.4 Å². The Bertz CT molecular complexity index is 716. The SMILES string of the molecule is CC(C)(C)OC(=O)N[C@@H](CSCc1ccccc1)C(=O)ON1C(=O)CCC1=O. The summed E-state index contributed by atoms with van der Waals surface area (Å²) in [5.41, 5.74) is 0.318. The lowest BCUT2D eigenvalue weighted by atomic mass is 10.2. The van der Waals surface area contributed by atoms with Crippen molar-refractivity contribution in [2.75, 3.05) is 5.75 Å². The average Bonchev–Trinajstić information content (AvgIpc) is 2.92. The molecule has 2 rings (SSSR count). The van der Waals surface area contributed by atoms with Crippen molar-refractivity contribution in [3.8, 4) is 0 Å². The van der Waals surface area contributed by atoms with Crippen LogP contribution >= 0.6 is 11.8 Å². The summed E-state index contributed by atoms with van der Waals surface area (Å²) in [5.74, 6) is -1.25. The molecular formula is C19H24N2O6S. The van der Waals surface area contributed by atoms with E-state index in [2.05, 4.69) is 5.32 Å². The van der Waals surface area contributed by atoms with E-state index in [1.165, 1.54) is 11.8 Å². The number of hydroxylamine groups is 2. The van der Waals surface area contributed by atoms with Crippen LogP contribution in [0.5, 0.6) is 0 Å². The summed E-state index contributed by atoms with van der Waals surface area (Å²) in [5, 5.41) is 2.92. The number of amides is 3. The maximum atomic E-state index is 12.5. The first-order valence-corrected chi connectivity index (χ1v) is 10.00. The highest BCUT2D eigenvalue weighted by Crippen LogP contribution is 2.17. The van der Waals surface area contributed by atoms with Gasteiger partial charge in [0.1, 0.15) is 11.6 Å². The van der Waals surface area contributed by atoms with Gasteiger partial charge in [0.05, 0.1) is 0 Å². The normalized spacial score (nSPS) is 15.3. The highest BCUT2D eigenvalue weighted by molar-refractivity contribution is 7.98. The zero-order chi connectivity index (χ0) is 20.7. The van der Waals surface area contributed by atoms with Gasteiger partial charge in [0.25, 0.3) is 11.8 Å². The van der Waals surface area contributed by atoms with Crippen molar-refractivity contribution >= 4 is 35.6 Å². The molecule has 0 radical (unpaired) electrons. The zero-order valence-corrected chi connectivity index (χ0v) is 16.9. The number of rotatable bonds is 7. The number of imide groups is 1. The predicted octanol–water partition coefficient (Wildman–Crippen LogP) is 2.42. The van der Waals surface area contributed by atoms with Gasteiger partial charge in [0.15, 0.2) is 0 Å². The monoisotopic (exact) mass is 408 g/mol. The summed E-state index contributed by atoms with van der Waals surface area (Å²) < 4.78 is 5.18. The molecule has 152 valence electrons. The summed E-state index contributed by atoms with van der Waals surface area (Å²) in [4.78, 5) is 52.8. The molecule has 1 heterocycles. The summed E-state index contributed by atoms with van der Waals surface area (Å²) >= 11 is 1.40. The Kier molecular flexibility index (Phi) is 7.45. The minimum absolute atomic E-state index is 0.000961. The number of hydrogen-bond acceptors (Lipinski definition) is 7. The summed E-state index contributed by atoms with van der Waals surface area (Å²) in [6.45, 7) is 5.10. The molecule has 0 saturated carbocycles. The van der Waals surface area contributed by atoms with Gasteiger partial charge in [-0.25, -0.2) is 9.59 Å². The first-order chi connectivity index (χ1) is 13.2. The Labute approximate surface area is 167 Å². The fraction of sp³-hybridized carbons (Fsp3) is 0.474. The van der Waals surface area contributed by atoms with Crippen LogP contribution in [0.4, 0.5) is 4.79 Å². The second-order valence-corrected chi connectivity index (χ2v) is 8.22. The van der Waals surface area contributed by atoms with Crippen LogP contribution in [0, 0.1) is 0 Å². The molecule has 28 heavy (non-hydrogen) atoms. The van der Waals surface area contributed by atoms with Gasteiger partial charge < -0.3 is 14.9 Å². The van der Waals surface area contributed by atoms with Gasteiger partial charge in [-0.2, -0.15) is 11.8 Å². The molecule has 3 amide bonds. The van der Waals surface area contributed by atoms with Gasteiger partial charge >= 0.3 is 12.1 Å². The van der Waals surface area contributed by atoms with Crippen LogP contribution in [0.3, 0.4) is 0 Å². The van der Waals surface area contributed by atoms with Crippen molar-refractivity contribution in [3.63, 3.8) is 0 Å². The number of nitrogens with one attached hydrogen (secondary N) is 1. The molecular weight excluding hydrogens is 384 g/mol. The van der Waals surface area contributed by atoms with E-state index in [4.69, 9.17) is 9.57 Å². The lowest BCUT2D eigenvalue weighted by Gasteiger charge is -2.23. The largest absolute Gasteiger partial charge is 0.444 e. The van der Waals surface area contributed by atoms with E-state index in [9.17, 15) is 19.2 Å². The van der Waals surface area contributed by atoms with Crippen LogP contribution < -0.4 is 5.32 Å². The van der Waals surface area contributed by atoms with Crippen molar-refractivity contribution in [3.05, 3.63) is 35.9 Å². The topological polar surface area (TPSA) is 102 Å². The van der Waals surface area contributed by atoms with Crippen molar-refractivity contribution < 1.29 is 28.8 Å². The van der Waals surface area contributed by atoms with E-state index in [-0.39, 0.29) is 18.6 Å². The van der Waals surface area contributed by atoms with Crippen molar-refractivity contribution in [1.29, 1.82) is 0 Å². The summed E-state index contributed by atoms with van der Waals surface area (Å²) in [7, 11) is 0. The molecule has 0 spiro atoms. The molecule has 0 aromatic heterocycles. The third-order valence-electron chi connectivity index (χ3n) is 3.56. The van der Waals surface area contributed by atoms with Gasteiger partial charge in [-0.15, -0.1) is 5.06 Å². The molecule has 0 unspecified atom stereocenters. The van der Waals surface area contributed by atoms with Gasteiger partial charge in [-0.3, -0.25) is 9.59 Å². The van der Waals surface area contributed by atoms with E-state index in [1.807, 2.05) is 30.3 Å². The van der Waals surface area contributed by atoms with Gasteiger partial charge in [0, 0.05) is 24.3 Å². The molecule has 1 fully saturated rings. The Hall–Kier alpha value is -2.55. The number of carbonyl (C=O) groups is 4. The van der Waals surface area contributed by atoms with E-state index in [0.29, 0.717) is 10.8 Å². The lowest BCUT2D eigenvalue weighted by Crippen LogP contribution is -2.48. The van der Waals surface area contributed by atoms with Crippen LogP contribution in [0.1, 0.15) is 39.2 Å². The number of carbonyl (C=O) groups excluding carboxylic acids is 4. The van der Waals surface area contributed by atoms with E-state index >= 15 is 0 Å². The number of nitrogens with zero attached hydrogens (tertiary/aromatic N) is 1. The molecule has 0 bridgehead atoms. The standard InChI is InChI=1S/C19H24N2O6S/c1-19(2,3)26-18(25)20-14(12-28-11-13-7-5-4-6-8-13)17(24)27-21-15(22)9-10-16(21)23/h4-8,14H,9-12H2,1-3H3,(H,20,25)/t14-/m0/s1. The molecule has 1 aliphatic rings. The second kappa shape index (κ2) is 9.59. The molecule has 1 aromatic rings. The number of hydrogen-bond donors (Lipinski definition) is 1. The number of thioether (sulfide) groups is 1. The Morgan fingerprint density at radius 3 is 2.32 bits per heavy atom. The fourth-order valence-corrected chi connectivity index (χ4v) is 3.30. The van der Waals surface area contributed by atoms with E-state index in [1.54, 1.807) is 20.8 Å². The van der Waals surface area contributed by atoms with Crippen LogP contribution in [0.2, 0.25) is 0 Å². The predicted molar refractivity (Wildman–Crippen MR) is 103 cm³/mol. The maximum Gasteiger partial charge on any atom is 0.408 e. The van der Waals surface area contributed by atoms with Crippen molar-refractivity contribution in [2.24, 2.45) is 0 Å². The highest BCUT2D eigenvalue weighted by Gasteiger charge is 2.35. The quantitative estimate of drug-likeness (QED) is 0.691. The number of benzene rings is 1. The van der Waals surface area contributed by atoms with Gasteiger partial charge in [-0.1, -0.05) is 30.3 Å². The molecule has 0 aliphatic carbocycles. The van der Waals surface area contributed by atoms with E-state index in [0.717, 1.165) is 5.56 Å². The summed E-state index contributed by atoms with van der Waals surface area (Å²) in [6.07, 6.45) is -0.785. The molecule has 1 N–H and O–H groups in total. The molecule has 1 atom stereocenters.